The summed E-state index contributed by atoms with van der Waals surface area (Å²) in [6.45, 7) is 0.940. The van der Waals surface area contributed by atoms with E-state index in [9.17, 15) is 4.79 Å². The molecule has 0 aliphatic rings. The lowest BCUT2D eigenvalue weighted by Gasteiger charge is -2.03. The number of aryl methyl sites for hydroxylation is 1. The van der Waals surface area contributed by atoms with E-state index >= 15 is 0 Å². The van der Waals surface area contributed by atoms with E-state index in [4.69, 9.17) is 14.9 Å². The zero-order valence-corrected chi connectivity index (χ0v) is 7.80. The minimum atomic E-state index is -1.18. The number of ether oxygens (including phenoxy) is 1. The van der Waals surface area contributed by atoms with Crippen LogP contribution in [0, 0.1) is 0 Å². The van der Waals surface area contributed by atoms with E-state index in [1.54, 1.807) is 7.11 Å². The van der Waals surface area contributed by atoms with Crippen molar-refractivity contribution in [1.82, 2.24) is 9.78 Å². The SMILES string of the molecule is COCCCn1ncc(O)c1C(=O)O. The summed E-state index contributed by atoms with van der Waals surface area (Å²) in [5, 5.41) is 21.6. The Labute approximate surface area is 80.7 Å². The quantitative estimate of drug-likeness (QED) is 0.669. The average molecular weight is 200 g/mol. The van der Waals surface area contributed by atoms with Gasteiger partial charge in [0.2, 0.25) is 0 Å². The largest absolute Gasteiger partial charge is 0.504 e. The summed E-state index contributed by atoms with van der Waals surface area (Å²) in [4.78, 5) is 10.7. The lowest BCUT2D eigenvalue weighted by Crippen LogP contribution is -2.11. The summed E-state index contributed by atoms with van der Waals surface area (Å²) in [6, 6.07) is 0. The number of hydrogen-bond donors (Lipinski definition) is 2. The maximum Gasteiger partial charge on any atom is 0.358 e. The molecule has 1 aromatic rings. The Hall–Kier alpha value is -1.56. The fourth-order valence-corrected chi connectivity index (χ4v) is 1.12. The van der Waals surface area contributed by atoms with Crippen molar-refractivity contribution < 1.29 is 19.7 Å². The summed E-state index contributed by atoms with van der Waals surface area (Å²) >= 11 is 0. The molecular formula is C8H12N2O4. The average Bonchev–Trinajstić information content (AvgIpc) is 2.47. The first kappa shape index (κ1) is 10.5. The van der Waals surface area contributed by atoms with Crippen LogP contribution in [-0.2, 0) is 11.3 Å². The second-order valence-electron chi connectivity index (χ2n) is 2.75. The van der Waals surface area contributed by atoms with Crippen molar-refractivity contribution in [2.24, 2.45) is 0 Å². The summed E-state index contributed by atoms with van der Waals surface area (Å²) in [5.41, 5.74) is -0.180. The smallest absolute Gasteiger partial charge is 0.358 e. The molecule has 0 fully saturated rings. The van der Waals surface area contributed by atoms with Crippen LogP contribution in [0.5, 0.6) is 5.75 Å². The predicted octanol–water partition coefficient (Wildman–Crippen LogP) is 0.323. The molecule has 78 valence electrons. The van der Waals surface area contributed by atoms with Gasteiger partial charge in [-0.15, -0.1) is 0 Å². The maximum absolute atomic E-state index is 10.7. The minimum Gasteiger partial charge on any atom is -0.504 e. The highest BCUT2D eigenvalue weighted by molar-refractivity contribution is 5.88. The normalized spacial score (nSPS) is 10.4. The van der Waals surface area contributed by atoms with Crippen molar-refractivity contribution >= 4 is 5.97 Å². The Morgan fingerprint density at radius 2 is 2.43 bits per heavy atom. The van der Waals surface area contributed by atoms with E-state index in [2.05, 4.69) is 5.10 Å². The number of carboxylic acid groups (broad SMARTS) is 1. The molecule has 6 heteroatoms. The van der Waals surface area contributed by atoms with Crippen molar-refractivity contribution in [1.29, 1.82) is 0 Å². The number of carboxylic acids is 1. The van der Waals surface area contributed by atoms with Gasteiger partial charge in [0.1, 0.15) is 0 Å². The molecule has 0 spiro atoms. The molecule has 14 heavy (non-hydrogen) atoms. The highest BCUT2D eigenvalue weighted by Gasteiger charge is 2.16. The second-order valence-corrected chi connectivity index (χ2v) is 2.75. The van der Waals surface area contributed by atoms with Crippen molar-refractivity contribution in [3.8, 4) is 5.75 Å². The lowest BCUT2D eigenvalue weighted by atomic mass is 10.4. The minimum absolute atomic E-state index is 0.180. The van der Waals surface area contributed by atoms with Gasteiger partial charge in [0, 0.05) is 20.3 Å². The van der Waals surface area contributed by atoms with Gasteiger partial charge in [0.25, 0.3) is 0 Å². The molecule has 2 N–H and O–H groups in total. The van der Waals surface area contributed by atoms with Crippen molar-refractivity contribution in [2.45, 2.75) is 13.0 Å². The Balaban J connectivity index is 2.71. The predicted molar refractivity (Wildman–Crippen MR) is 47.3 cm³/mol. The van der Waals surface area contributed by atoms with Gasteiger partial charge in [-0.1, -0.05) is 0 Å². The molecule has 6 nitrogen and oxygen atoms in total. The first-order chi connectivity index (χ1) is 6.66. The van der Waals surface area contributed by atoms with E-state index in [0.29, 0.717) is 19.6 Å². The molecule has 0 bridgehead atoms. The molecule has 1 heterocycles. The first-order valence-corrected chi connectivity index (χ1v) is 4.13. The molecule has 0 aliphatic carbocycles. The van der Waals surface area contributed by atoms with E-state index in [1.807, 2.05) is 0 Å². The molecule has 0 radical (unpaired) electrons. The fourth-order valence-electron chi connectivity index (χ4n) is 1.12. The van der Waals surface area contributed by atoms with Crippen molar-refractivity contribution in [3.63, 3.8) is 0 Å². The number of aromatic hydroxyl groups is 1. The number of aromatic carboxylic acids is 1. The number of hydrogen-bond acceptors (Lipinski definition) is 4. The number of carbonyl (C=O) groups is 1. The maximum atomic E-state index is 10.7. The summed E-state index contributed by atoms with van der Waals surface area (Å²) in [6.07, 6.45) is 1.77. The van der Waals surface area contributed by atoms with E-state index in [-0.39, 0.29) is 11.4 Å². The zero-order chi connectivity index (χ0) is 10.6. The van der Waals surface area contributed by atoms with Crippen LogP contribution in [0.25, 0.3) is 0 Å². The molecule has 0 saturated heterocycles. The van der Waals surface area contributed by atoms with Gasteiger partial charge in [0.05, 0.1) is 6.20 Å². The van der Waals surface area contributed by atoms with E-state index in [1.165, 1.54) is 4.68 Å². The zero-order valence-electron chi connectivity index (χ0n) is 7.80. The number of methoxy groups -OCH3 is 1. The van der Waals surface area contributed by atoms with Crippen LogP contribution in [0.15, 0.2) is 6.20 Å². The van der Waals surface area contributed by atoms with Crippen LogP contribution < -0.4 is 0 Å². The van der Waals surface area contributed by atoms with Gasteiger partial charge in [0.15, 0.2) is 11.4 Å². The Bertz CT molecular complexity index is 321. The molecular weight excluding hydrogens is 188 g/mol. The molecule has 1 aromatic heterocycles. The third-order valence-corrected chi connectivity index (χ3v) is 1.74. The van der Waals surface area contributed by atoms with Crippen molar-refractivity contribution in [3.05, 3.63) is 11.9 Å². The number of aromatic nitrogens is 2. The Kier molecular flexibility index (Phi) is 3.47. The molecule has 0 unspecified atom stereocenters. The molecule has 0 amide bonds. The van der Waals surface area contributed by atoms with E-state index < -0.39 is 5.97 Å². The molecule has 0 aliphatic heterocycles. The number of rotatable bonds is 5. The van der Waals surface area contributed by atoms with Gasteiger partial charge < -0.3 is 14.9 Å². The fraction of sp³-hybridized carbons (Fsp3) is 0.500. The van der Waals surface area contributed by atoms with Crippen LogP contribution in [0.3, 0.4) is 0 Å². The highest BCUT2D eigenvalue weighted by atomic mass is 16.5. The lowest BCUT2D eigenvalue weighted by molar-refractivity contribution is 0.0678. The second kappa shape index (κ2) is 4.61. The summed E-state index contributed by atoms with van der Waals surface area (Å²) < 4.78 is 6.07. The third kappa shape index (κ3) is 2.23. The van der Waals surface area contributed by atoms with Crippen LogP contribution in [0.4, 0.5) is 0 Å². The topological polar surface area (TPSA) is 84.6 Å². The Morgan fingerprint density at radius 1 is 1.71 bits per heavy atom. The molecule has 0 saturated carbocycles. The molecule has 0 aromatic carbocycles. The Morgan fingerprint density at radius 3 is 3.00 bits per heavy atom. The highest BCUT2D eigenvalue weighted by Crippen LogP contribution is 2.15. The van der Waals surface area contributed by atoms with Crippen LogP contribution in [0.1, 0.15) is 16.9 Å². The van der Waals surface area contributed by atoms with Crippen LogP contribution in [-0.4, -0.2) is 39.7 Å². The standard InChI is InChI=1S/C8H12N2O4/c1-14-4-2-3-10-7(8(12)13)6(11)5-9-10/h5,11H,2-4H2,1H3,(H,12,13). The summed E-state index contributed by atoms with van der Waals surface area (Å²) in [5.74, 6) is -1.49. The van der Waals surface area contributed by atoms with Gasteiger partial charge in [-0.2, -0.15) is 5.10 Å². The first-order valence-electron chi connectivity index (χ1n) is 4.13. The molecule has 1 rings (SSSR count). The van der Waals surface area contributed by atoms with Gasteiger partial charge in [-0.3, -0.25) is 4.68 Å². The van der Waals surface area contributed by atoms with Crippen LogP contribution in [0.2, 0.25) is 0 Å². The molecule has 0 atom stereocenters. The van der Waals surface area contributed by atoms with Gasteiger partial charge in [-0.25, -0.2) is 4.79 Å². The van der Waals surface area contributed by atoms with Gasteiger partial charge in [-0.05, 0) is 6.42 Å². The third-order valence-electron chi connectivity index (χ3n) is 1.74. The van der Waals surface area contributed by atoms with Crippen molar-refractivity contribution in [2.75, 3.05) is 13.7 Å². The van der Waals surface area contributed by atoms with E-state index in [0.717, 1.165) is 6.20 Å². The monoisotopic (exact) mass is 200 g/mol. The van der Waals surface area contributed by atoms with Gasteiger partial charge >= 0.3 is 5.97 Å². The number of nitrogens with zero attached hydrogens (tertiary/aromatic N) is 2. The summed E-state index contributed by atoms with van der Waals surface area (Å²) in [7, 11) is 1.57. The van der Waals surface area contributed by atoms with Crippen LogP contribution >= 0.6 is 0 Å².